The van der Waals surface area contributed by atoms with Crippen LogP contribution in [-0.4, -0.2) is 30.2 Å². The Kier molecular flexibility index (Phi) is 5.97. The highest BCUT2D eigenvalue weighted by atomic mass is 79.9. The van der Waals surface area contributed by atoms with E-state index in [-0.39, 0.29) is 17.9 Å². The van der Waals surface area contributed by atoms with Crippen LogP contribution in [0.5, 0.6) is 0 Å². The lowest BCUT2D eigenvalue weighted by atomic mass is 9.84. The van der Waals surface area contributed by atoms with Gasteiger partial charge in [0.2, 0.25) is 0 Å². The van der Waals surface area contributed by atoms with E-state index in [1.807, 2.05) is 18.2 Å². The summed E-state index contributed by atoms with van der Waals surface area (Å²) in [6.07, 6.45) is -0.0114. The number of benzene rings is 1. The van der Waals surface area contributed by atoms with Gasteiger partial charge in [-0.3, -0.25) is 4.79 Å². The lowest BCUT2D eigenvalue weighted by Gasteiger charge is -2.27. The van der Waals surface area contributed by atoms with Gasteiger partial charge in [-0.15, -0.1) is 0 Å². The number of nitrogens with one attached hydrogen (secondary N) is 1. The van der Waals surface area contributed by atoms with E-state index in [2.05, 4.69) is 41.2 Å². The minimum atomic E-state index is -0.862. The van der Waals surface area contributed by atoms with Gasteiger partial charge in [0.05, 0.1) is 6.42 Å². The Morgan fingerprint density at radius 2 is 2.11 bits per heavy atom. The van der Waals surface area contributed by atoms with E-state index in [9.17, 15) is 4.79 Å². The van der Waals surface area contributed by atoms with Crippen LogP contribution in [0.2, 0.25) is 0 Å². The number of carboxylic acids is 1. The van der Waals surface area contributed by atoms with Crippen LogP contribution in [-0.2, 0) is 10.2 Å². The van der Waals surface area contributed by atoms with Crippen molar-refractivity contribution in [1.82, 2.24) is 5.32 Å². The molecule has 106 valence electrons. The fraction of sp³-hybridized carbons (Fsp3) is 0.500. The summed E-state index contributed by atoms with van der Waals surface area (Å²) in [7, 11) is 0. The van der Waals surface area contributed by atoms with Crippen molar-refractivity contribution in [3.05, 3.63) is 34.3 Å². The molecule has 0 heterocycles. The molecule has 4 nitrogen and oxygen atoms in total. The molecule has 1 aromatic carbocycles. The van der Waals surface area contributed by atoms with Crippen molar-refractivity contribution in [2.75, 3.05) is 13.1 Å². The van der Waals surface area contributed by atoms with Gasteiger partial charge < -0.3 is 16.2 Å². The van der Waals surface area contributed by atoms with E-state index in [0.717, 1.165) is 11.0 Å². The largest absolute Gasteiger partial charge is 0.481 e. The second kappa shape index (κ2) is 7.03. The van der Waals surface area contributed by atoms with Crippen molar-refractivity contribution in [3.63, 3.8) is 0 Å². The monoisotopic (exact) mass is 328 g/mol. The average Bonchev–Trinajstić information content (AvgIpc) is 2.27. The quantitative estimate of drug-likeness (QED) is 0.716. The van der Waals surface area contributed by atoms with E-state index >= 15 is 0 Å². The second-order valence-corrected chi connectivity index (χ2v) is 6.21. The third-order valence-corrected chi connectivity index (χ3v) is 3.70. The van der Waals surface area contributed by atoms with Crippen LogP contribution in [0.4, 0.5) is 0 Å². The SMILES string of the molecule is CC(C)(CNCC(N)CC(=O)O)c1ccccc1Br. The van der Waals surface area contributed by atoms with E-state index in [4.69, 9.17) is 10.8 Å². The number of rotatable bonds is 7. The molecule has 0 aliphatic heterocycles. The summed E-state index contributed by atoms with van der Waals surface area (Å²) in [5.41, 5.74) is 6.88. The van der Waals surface area contributed by atoms with Crippen LogP contribution in [0, 0.1) is 0 Å². The number of carboxylic acid groups (broad SMARTS) is 1. The molecule has 0 fully saturated rings. The maximum atomic E-state index is 10.5. The van der Waals surface area contributed by atoms with Crippen LogP contribution in [0.1, 0.15) is 25.8 Å². The third-order valence-electron chi connectivity index (χ3n) is 3.01. The highest BCUT2D eigenvalue weighted by molar-refractivity contribution is 9.10. The van der Waals surface area contributed by atoms with Gasteiger partial charge in [-0.25, -0.2) is 0 Å². The Balaban J connectivity index is 2.52. The maximum Gasteiger partial charge on any atom is 0.304 e. The van der Waals surface area contributed by atoms with Gasteiger partial charge >= 0.3 is 5.97 Å². The minimum Gasteiger partial charge on any atom is -0.481 e. The molecule has 0 spiro atoms. The first kappa shape index (κ1) is 16.1. The Bertz CT molecular complexity index is 435. The van der Waals surface area contributed by atoms with Crippen LogP contribution in [0.25, 0.3) is 0 Å². The molecule has 19 heavy (non-hydrogen) atoms. The molecule has 1 atom stereocenters. The normalized spacial score (nSPS) is 13.3. The van der Waals surface area contributed by atoms with E-state index in [1.54, 1.807) is 0 Å². The molecule has 4 N–H and O–H groups in total. The van der Waals surface area contributed by atoms with Gasteiger partial charge in [-0.2, -0.15) is 0 Å². The molecule has 1 unspecified atom stereocenters. The molecule has 0 radical (unpaired) electrons. The standard InChI is InChI=1S/C14H21BrN2O2/c1-14(2,11-5-3-4-6-12(11)15)9-17-8-10(16)7-13(18)19/h3-6,10,17H,7-9,16H2,1-2H3,(H,18,19). The molecule has 0 saturated heterocycles. The first-order valence-electron chi connectivity index (χ1n) is 6.26. The maximum absolute atomic E-state index is 10.5. The highest BCUT2D eigenvalue weighted by Crippen LogP contribution is 2.29. The van der Waals surface area contributed by atoms with Crippen molar-refractivity contribution in [2.45, 2.75) is 31.7 Å². The predicted molar refractivity (Wildman–Crippen MR) is 80.3 cm³/mol. The Morgan fingerprint density at radius 1 is 1.47 bits per heavy atom. The Morgan fingerprint density at radius 3 is 2.68 bits per heavy atom. The fourth-order valence-corrected chi connectivity index (χ4v) is 2.79. The summed E-state index contributed by atoms with van der Waals surface area (Å²) in [5.74, 6) is -0.862. The topological polar surface area (TPSA) is 75.3 Å². The molecule has 5 heteroatoms. The van der Waals surface area contributed by atoms with Crippen molar-refractivity contribution in [3.8, 4) is 0 Å². The molecular weight excluding hydrogens is 308 g/mol. The fourth-order valence-electron chi connectivity index (χ4n) is 1.97. The van der Waals surface area contributed by atoms with Crippen LogP contribution >= 0.6 is 15.9 Å². The Labute approximate surface area is 122 Å². The highest BCUT2D eigenvalue weighted by Gasteiger charge is 2.22. The van der Waals surface area contributed by atoms with Crippen molar-refractivity contribution in [1.29, 1.82) is 0 Å². The molecule has 1 rings (SSSR count). The molecule has 1 aromatic rings. The van der Waals surface area contributed by atoms with Gasteiger partial charge in [-0.1, -0.05) is 48.0 Å². The van der Waals surface area contributed by atoms with E-state index < -0.39 is 5.97 Å². The molecule has 0 saturated carbocycles. The first-order valence-corrected chi connectivity index (χ1v) is 7.05. The number of nitrogens with two attached hydrogens (primary N) is 1. The van der Waals surface area contributed by atoms with Crippen molar-refractivity contribution in [2.24, 2.45) is 5.73 Å². The third kappa shape index (κ3) is 5.30. The molecule has 0 bridgehead atoms. The van der Waals surface area contributed by atoms with Gasteiger partial charge in [0, 0.05) is 29.0 Å². The zero-order chi connectivity index (χ0) is 14.5. The van der Waals surface area contributed by atoms with Crippen LogP contribution in [0.3, 0.4) is 0 Å². The minimum absolute atomic E-state index is 0.0114. The number of halogens is 1. The number of carbonyl (C=O) groups is 1. The summed E-state index contributed by atoms with van der Waals surface area (Å²) < 4.78 is 1.08. The van der Waals surface area contributed by atoms with Gasteiger partial charge in [0.15, 0.2) is 0 Å². The number of aliphatic carboxylic acids is 1. The van der Waals surface area contributed by atoms with Crippen molar-refractivity contribution >= 4 is 21.9 Å². The molecule has 0 aliphatic rings. The second-order valence-electron chi connectivity index (χ2n) is 5.35. The van der Waals surface area contributed by atoms with E-state index in [1.165, 1.54) is 5.56 Å². The molecule has 0 aliphatic carbocycles. The summed E-state index contributed by atoms with van der Waals surface area (Å²) >= 11 is 3.56. The predicted octanol–water partition coefficient (Wildman–Crippen LogP) is 2.12. The zero-order valence-electron chi connectivity index (χ0n) is 11.3. The van der Waals surface area contributed by atoms with Gasteiger partial charge in [0.25, 0.3) is 0 Å². The summed E-state index contributed by atoms with van der Waals surface area (Å²) in [6, 6.07) is 7.75. The lowest BCUT2D eigenvalue weighted by Crippen LogP contribution is -2.41. The molecular formula is C14H21BrN2O2. The Hall–Kier alpha value is -0.910. The average molecular weight is 329 g/mol. The summed E-state index contributed by atoms with van der Waals surface area (Å²) in [6.45, 7) is 5.52. The smallest absolute Gasteiger partial charge is 0.304 e. The molecule has 0 aromatic heterocycles. The lowest BCUT2D eigenvalue weighted by molar-refractivity contribution is -0.137. The summed E-state index contributed by atoms with van der Waals surface area (Å²) in [4.78, 5) is 10.5. The summed E-state index contributed by atoms with van der Waals surface area (Å²) in [5, 5.41) is 11.9. The number of hydrogen-bond donors (Lipinski definition) is 3. The van der Waals surface area contributed by atoms with Crippen molar-refractivity contribution < 1.29 is 9.90 Å². The van der Waals surface area contributed by atoms with Gasteiger partial charge in [-0.05, 0) is 11.6 Å². The molecule has 0 amide bonds. The van der Waals surface area contributed by atoms with Gasteiger partial charge in [0.1, 0.15) is 0 Å². The first-order chi connectivity index (χ1) is 8.83. The van der Waals surface area contributed by atoms with E-state index in [0.29, 0.717) is 6.54 Å². The van der Waals surface area contributed by atoms with Crippen LogP contribution < -0.4 is 11.1 Å². The zero-order valence-corrected chi connectivity index (χ0v) is 12.9. The van der Waals surface area contributed by atoms with Crippen LogP contribution in [0.15, 0.2) is 28.7 Å². The number of hydrogen-bond acceptors (Lipinski definition) is 3.